The topological polar surface area (TPSA) is 113 Å². The first-order valence-corrected chi connectivity index (χ1v) is 10.8. The smallest absolute Gasteiger partial charge is 0.343 e. The van der Waals surface area contributed by atoms with E-state index >= 15 is 0 Å². The van der Waals surface area contributed by atoms with E-state index in [-0.39, 0.29) is 27.8 Å². The molecule has 1 atom stereocenters. The Morgan fingerprint density at radius 2 is 1.66 bits per heavy atom. The maximum Gasteiger partial charge on any atom is 0.343 e. The van der Waals surface area contributed by atoms with Gasteiger partial charge in [-0.1, -0.05) is 23.7 Å². The summed E-state index contributed by atoms with van der Waals surface area (Å²) in [6.45, 7) is 0. The van der Waals surface area contributed by atoms with E-state index in [9.17, 15) is 10.1 Å². The normalized spacial score (nSPS) is 14.3. The number of esters is 1. The lowest BCUT2D eigenvalue weighted by molar-refractivity contribution is 0.0734. The number of methoxy groups -OCH3 is 3. The SMILES string of the molecule is COc1ccc(C2C(C#N)=C(N)Oc3cc(OC(=O)c4ccc(OC)c(Cl)c4)ccc32)c(OC)c1. The molecule has 0 fully saturated rings. The van der Waals surface area contributed by atoms with Gasteiger partial charge in [0.1, 0.15) is 40.4 Å². The maximum absolute atomic E-state index is 12.7. The number of hydrogen-bond acceptors (Lipinski definition) is 8. The summed E-state index contributed by atoms with van der Waals surface area (Å²) in [4.78, 5) is 12.7. The van der Waals surface area contributed by atoms with Gasteiger partial charge >= 0.3 is 5.97 Å². The lowest BCUT2D eigenvalue weighted by Crippen LogP contribution is -2.21. The zero-order valence-corrected chi connectivity index (χ0v) is 19.9. The van der Waals surface area contributed by atoms with Crippen molar-refractivity contribution in [1.29, 1.82) is 5.26 Å². The standard InChI is InChI=1S/C26H21ClN2O6/c1-31-15-5-7-17(22(11-15)33-3)24-18-8-6-16(12-23(18)35-25(29)19(24)13-28)34-26(30)14-4-9-21(32-2)20(27)10-14/h4-12,24H,29H2,1-3H3. The van der Waals surface area contributed by atoms with Gasteiger partial charge in [0.05, 0.1) is 37.8 Å². The molecule has 35 heavy (non-hydrogen) atoms. The average Bonchev–Trinajstić information content (AvgIpc) is 2.87. The van der Waals surface area contributed by atoms with Crippen molar-refractivity contribution in [1.82, 2.24) is 0 Å². The van der Waals surface area contributed by atoms with Crippen LogP contribution in [-0.4, -0.2) is 27.3 Å². The van der Waals surface area contributed by atoms with Crippen molar-refractivity contribution >= 4 is 17.6 Å². The van der Waals surface area contributed by atoms with Crippen molar-refractivity contribution < 1.29 is 28.5 Å². The predicted octanol–water partition coefficient (Wildman–Crippen LogP) is 4.80. The molecule has 1 aliphatic heterocycles. The van der Waals surface area contributed by atoms with E-state index in [1.54, 1.807) is 49.6 Å². The van der Waals surface area contributed by atoms with Crippen LogP contribution in [0.1, 0.15) is 27.4 Å². The predicted molar refractivity (Wildman–Crippen MR) is 128 cm³/mol. The van der Waals surface area contributed by atoms with Crippen LogP contribution in [-0.2, 0) is 0 Å². The Morgan fingerprint density at radius 1 is 0.943 bits per heavy atom. The van der Waals surface area contributed by atoms with Crippen LogP contribution in [0.5, 0.6) is 28.7 Å². The van der Waals surface area contributed by atoms with Crippen molar-refractivity contribution in [2.75, 3.05) is 21.3 Å². The highest BCUT2D eigenvalue weighted by molar-refractivity contribution is 6.32. The Bertz CT molecular complexity index is 1380. The number of ether oxygens (including phenoxy) is 5. The Hall–Kier alpha value is -4.35. The van der Waals surface area contributed by atoms with Crippen LogP contribution in [0, 0.1) is 11.3 Å². The van der Waals surface area contributed by atoms with E-state index in [2.05, 4.69) is 6.07 Å². The second-order valence-electron chi connectivity index (χ2n) is 7.47. The fourth-order valence-electron chi connectivity index (χ4n) is 3.84. The third-order valence-corrected chi connectivity index (χ3v) is 5.84. The first-order valence-electron chi connectivity index (χ1n) is 10.4. The Kier molecular flexibility index (Phi) is 6.71. The minimum Gasteiger partial charge on any atom is -0.497 e. The molecule has 1 unspecified atom stereocenters. The van der Waals surface area contributed by atoms with Gasteiger partial charge in [0, 0.05) is 23.3 Å². The zero-order chi connectivity index (χ0) is 25.1. The number of allylic oxidation sites excluding steroid dienone is 1. The van der Waals surface area contributed by atoms with Crippen molar-refractivity contribution in [2.24, 2.45) is 5.73 Å². The number of carbonyl (C=O) groups is 1. The van der Waals surface area contributed by atoms with Crippen molar-refractivity contribution in [2.45, 2.75) is 5.92 Å². The van der Waals surface area contributed by atoms with Crippen molar-refractivity contribution in [3.8, 4) is 34.8 Å². The molecule has 178 valence electrons. The summed E-state index contributed by atoms with van der Waals surface area (Å²) in [6, 6.07) is 16.9. The van der Waals surface area contributed by atoms with Crippen LogP contribution in [0.15, 0.2) is 66.1 Å². The summed E-state index contributed by atoms with van der Waals surface area (Å²) < 4.78 is 27.2. The number of fused-ring (bicyclic) bond motifs is 1. The molecule has 0 saturated carbocycles. The Balaban J connectivity index is 1.70. The second kappa shape index (κ2) is 9.87. The summed E-state index contributed by atoms with van der Waals surface area (Å²) in [5.41, 5.74) is 7.95. The molecule has 3 aromatic rings. The van der Waals surface area contributed by atoms with Crippen LogP contribution in [0.4, 0.5) is 0 Å². The van der Waals surface area contributed by atoms with E-state index in [0.29, 0.717) is 34.1 Å². The molecule has 0 aliphatic carbocycles. The van der Waals surface area contributed by atoms with E-state index in [1.165, 1.54) is 20.3 Å². The zero-order valence-electron chi connectivity index (χ0n) is 19.1. The van der Waals surface area contributed by atoms with Gasteiger partial charge in [0.25, 0.3) is 0 Å². The molecule has 1 aliphatic rings. The summed E-state index contributed by atoms with van der Waals surface area (Å²) in [5.74, 6) is 0.935. The van der Waals surface area contributed by atoms with Gasteiger partial charge in [-0.3, -0.25) is 0 Å². The Morgan fingerprint density at radius 3 is 2.31 bits per heavy atom. The van der Waals surface area contributed by atoms with Gasteiger partial charge in [-0.05, 0) is 30.3 Å². The third kappa shape index (κ3) is 4.54. The second-order valence-corrected chi connectivity index (χ2v) is 7.88. The molecule has 0 radical (unpaired) electrons. The minimum atomic E-state index is -0.611. The summed E-state index contributed by atoms with van der Waals surface area (Å²) in [6.07, 6.45) is 0. The number of benzene rings is 3. The monoisotopic (exact) mass is 492 g/mol. The largest absolute Gasteiger partial charge is 0.497 e. The van der Waals surface area contributed by atoms with Gasteiger partial charge in [0.15, 0.2) is 0 Å². The fraction of sp³-hybridized carbons (Fsp3) is 0.154. The number of nitriles is 1. The molecule has 8 nitrogen and oxygen atoms in total. The van der Waals surface area contributed by atoms with Gasteiger partial charge in [0.2, 0.25) is 5.88 Å². The third-order valence-electron chi connectivity index (χ3n) is 5.54. The highest BCUT2D eigenvalue weighted by atomic mass is 35.5. The van der Waals surface area contributed by atoms with Gasteiger partial charge in [-0.2, -0.15) is 5.26 Å². The number of rotatable bonds is 6. The molecule has 0 amide bonds. The van der Waals surface area contributed by atoms with Crippen LogP contribution in [0.2, 0.25) is 5.02 Å². The first kappa shape index (κ1) is 23.8. The number of nitrogens with zero attached hydrogens (tertiary/aromatic N) is 1. The molecular weight excluding hydrogens is 472 g/mol. The average molecular weight is 493 g/mol. The molecule has 4 rings (SSSR count). The molecule has 0 saturated heterocycles. The molecule has 3 aromatic carbocycles. The summed E-state index contributed by atoms with van der Waals surface area (Å²) >= 11 is 6.12. The molecule has 9 heteroatoms. The highest BCUT2D eigenvalue weighted by Crippen LogP contribution is 2.46. The van der Waals surface area contributed by atoms with E-state index in [1.807, 2.05) is 6.07 Å². The Labute approximate surface area is 207 Å². The van der Waals surface area contributed by atoms with Crippen LogP contribution in [0.25, 0.3) is 0 Å². The van der Waals surface area contributed by atoms with E-state index in [0.717, 1.165) is 0 Å². The number of nitrogens with two attached hydrogens (primary N) is 1. The van der Waals surface area contributed by atoms with Gasteiger partial charge in [-0.25, -0.2) is 4.79 Å². The number of halogens is 1. The van der Waals surface area contributed by atoms with Gasteiger partial charge < -0.3 is 29.4 Å². The molecule has 0 bridgehead atoms. The minimum absolute atomic E-state index is 0.0479. The summed E-state index contributed by atoms with van der Waals surface area (Å²) in [7, 11) is 4.57. The number of carbonyl (C=O) groups excluding carboxylic acids is 1. The summed E-state index contributed by atoms with van der Waals surface area (Å²) in [5, 5.41) is 10.1. The van der Waals surface area contributed by atoms with Crippen LogP contribution in [0.3, 0.4) is 0 Å². The van der Waals surface area contributed by atoms with Crippen LogP contribution < -0.4 is 29.4 Å². The molecule has 0 spiro atoms. The highest BCUT2D eigenvalue weighted by Gasteiger charge is 2.33. The van der Waals surface area contributed by atoms with Gasteiger partial charge in [-0.15, -0.1) is 0 Å². The van der Waals surface area contributed by atoms with Crippen LogP contribution >= 0.6 is 11.6 Å². The van der Waals surface area contributed by atoms with Crippen molar-refractivity contribution in [3.05, 3.63) is 87.8 Å². The van der Waals surface area contributed by atoms with E-state index < -0.39 is 11.9 Å². The van der Waals surface area contributed by atoms with Crippen molar-refractivity contribution in [3.63, 3.8) is 0 Å². The molecule has 2 N–H and O–H groups in total. The molecular formula is C26H21ClN2O6. The fourth-order valence-corrected chi connectivity index (χ4v) is 4.09. The lowest BCUT2D eigenvalue weighted by Gasteiger charge is -2.27. The first-order chi connectivity index (χ1) is 16.9. The van der Waals surface area contributed by atoms with E-state index in [4.69, 9.17) is 41.0 Å². The maximum atomic E-state index is 12.7. The lowest BCUT2D eigenvalue weighted by atomic mass is 9.83. The molecule has 1 heterocycles. The molecule has 0 aromatic heterocycles. The quantitative estimate of drug-likeness (QED) is 0.385. The number of hydrogen-bond donors (Lipinski definition) is 1.